The predicted octanol–water partition coefficient (Wildman–Crippen LogP) is 0.737. The lowest BCUT2D eigenvalue weighted by molar-refractivity contribution is -0.135. The summed E-state index contributed by atoms with van der Waals surface area (Å²) in [6, 6.07) is 7.08. The number of fused-ring (bicyclic) bond motifs is 1. The Kier molecular flexibility index (Phi) is 4.04. The van der Waals surface area contributed by atoms with Crippen molar-refractivity contribution >= 4 is 12.0 Å². The van der Waals surface area contributed by atoms with Gasteiger partial charge in [-0.05, 0) is 12.1 Å². The monoisotopic (exact) mass is 306 g/mol. The first kappa shape index (κ1) is 14.5. The number of carbonyl (C=O) groups is 2. The number of benzene rings is 1. The number of amides is 2. The van der Waals surface area contributed by atoms with E-state index in [2.05, 4.69) is 0 Å². The van der Waals surface area contributed by atoms with Gasteiger partial charge in [-0.1, -0.05) is 6.07 Å². The third kappa shape index (κ3) is 2.93. The summed E-state index contributed by atoms with van der Waals surface area (Å²) >= 11 is 0. The minimum absolute atomic E-state index is 0.0330. The molecular formula is C15H18N2O5. The van der Waals surface area contributed by atoms with Crippen LogP contribution in [0.3, 0.4) is 0 Å². The van der Waals surface area contributed by atoms with Gasteiger partial charge in [0, 0.05) is 25.7 Å². The second-order valence-electron chi connectivity index (χ2n) is 5.23. The van der Waals surface area contributed by atoms with E-state index in [1.165, 1.54) is 0 Å². The van der Waals surface area contributed by atoms with Gasteiger partial charge in [-0.15, -0.1) is 0 Å². The van der Waals surface area contributed by atoms with E-state index in [4.69, 9.17) is 14.2 Å². The van der Waals surface area contributed by atoms with Crippen LogP contribution in [0.1, 0.15) is 0 Å². The Bertz CT molecular complexity index is 577. The molecule has 2 heterocycles. The fraction of sp³-hybridized carbons (Fsp3) is 0.467. The number of hydrogen-bond donors (Lipinski definition) is 0. The highest BCUT2D eigenvalue weighted by atomic mass is 16.6. The highest BCUT2D eigenvalue weighted by Gasteiger charge is 2.38. The van der Waals surface area contributed by atoms with Gasteiger partial charge >= 0.3 is 6.09 Å². The molecule has 1 aromatic rings. The van der Waals surface area contributed by atoms with Crippen LogP contribution in [0.25, 0.3) is 0 Å². The molecule has 7 nitrogen and oxygen atoms in total. The van der Waals surface area contributed by atoms with Crippen LogP contribution >= 0.6 is 0 Å². The van der Waals surface area contributed by atoms with Crippen molar-refractivity contribution in [2.45, 2.75) is 6.04 Å². The molecule has 2 fully saturated rings. The lowest BCUT2D eigenvalue weighted by atomic mass is 10.2. The highest BCUT2D eigenvalue weighted by molar-refractivity contribution is 5.78. The summed E-state index contributed by atoms with van der Waals surface area (Å²) in [6.07, 6.45) is -0.287. The van der Waals surface area contributed by atoms with Gasteiger partial charge in [-0.3, -0.25) is 9.69 Å². The normalized spacial score (nSPS) is 20.4. The third-order valence-corrected chi connectivity index (χ3v) is 3.87. The first-order chi connectivity index (χ1) is 10.7. The van der Waals surface area contributed by atoms with Gasteiger partial charge in [0.2, 0.25) is 0 Å². The number of nitrogens with zero attached hydrogens (tertiary/aromatic N) is 2. The summed E-state index contributed by atoms with van der Waals surface area (Å²) in [7, 11) is 1.58. The molecular weight excluding hydrogens is 288 g/mol. The lowest BCUT2D eigenvalue weighted by Crippen LogP contribution is -2.54. The van der Waals surface area contributed by atoms with E-state index in [9.17, 15) is 9.59 Å². The van der Waals surface area contributed by atoms with E-state index in [1.807, 2.05) is 6.07 Å². The van der Waals surface area contributed by atoms with Gasteiger partial charge in [-0.25, -0.2) is 4.79 Å². The minimum Gasteiger partial charge on any atom is -0.497 e. The van der Waals surface area contributed by atoms with Crippen molar-refractivity contribution in [1.82, 2.24) is 9.80 Å². The molecule has 2 aliphatic heterocycles. The van der Waals surface area contributed by atoms with Gasteiger partial charge in [0.15, 0.2) is 6.61 Å². The fourth-order valence-electron chi connectivity index (χ4n) is 2.64. The Hall–Kier alpha value is -2.44. The van der Waals surface area contributed by atoms with Gasteiger partial charge in [0.25, 0.3) is 5.91 Å². The lowest BCUT2D eigenvalue weighted by Gasteiger charge is -2.35. The van der Waals surface area contributed by atoms with E-state index >= 15 is 0 Å². The van der Waals surface area contributed by atoms with Crippen molar-refractivity contribution in [3.05, 3.63) is 24.3 Å². The maximum absolute atomic E-state index is 12.2. The smallest absolute Gasteiger partial charge is 0.410 e. The number of cyclic esters (lactones) is 1. The summed E-state index contributed by atoms with van der Waals surface area (Å²) < 4.78 is 15.6. The Morgan fingerprint density at radius 1 is 1.36 bits per heavy atom. The van der Waals surface area contributed by atoms with E-state index in [1.54, 1.807) is 35.1 Å². The van der Waals surface area contributed by atoms with Crippen LogP contribution in [0.2, 0.25) is 0 Å². The Morgan fingerprint density at radius 3 is 3.00 bits per heavy atom. The van der Waals surface area contributed by atoms with Gasteiger partial charge in [0.05, 0.1) is 13.2 Å². The van der Waals surface area contributed by atoms with Gasteiger partial charge in [-0.2, -0.15) is 0 Å². The summed E-state index contributed by atoms with van der Waals surface area (Å²) in [4.78, 5) is 27.0. The molecule has 0 radical (unpaired) electrons. The zero-order valence-corrected chi connectivity index (χ0v) is 12.4. The quantitative estimate of drug-likeness (QED) is 0.820. The van der Waals surface area contributed by atoms with Crippen LogP contribution in [0.4, 0.5) is 4.79 Å². The molecule has 0 aliphatic carbocycles. The number of carbonyl (C=O) groups excluding carboxylic acids is 2. The summed E-state index contributed by atoms with van der Waals surface area (Å²) in [6.45, 7) is 1.82. The molecule has 2 amide bonds. The average Bonchev–Trinajstić information content (AvgIpc) is 2.93. The predicted molar refractivity (Wildman–Crippen MR) is 76.9 cm³/mol. The van der Waals surface area contributed by atoms with E-state index in [0.717, 1.165) is 0 Å². The largest absolute Gasteiger partial charge is 0.497 e. The van der Waals surface area contributed by atoms with Crippen LogP contribution < -0.4 is 9.47 Å². The first-order valence-electron chi connectivity index (χ1n) is 7.15. The molecule has 1 aromatic carbocycles. The summed E-state index contributed by atoms with van der Waals surface area (Å²) in [5.41, 5.74) is 0. The van der Waals surface area contributed by atoms with E-state index in [-0.39, 0.29) is 24.6 Å². The molecule has 0 bridgehead atoms. The third-order valence-electron chi connectivity index (χ3n) is 3.87. The van der Waals surface area contributed by atoms with Gasteiger partial charge in [0.1, 0.15) is 18.1 Å². The molecule has 7 heteroatoms. The number of hydrogen-bond acceptors (Lipinski definition) is 5. The van der Waals surface area contributed by atoms with Crippen molar-refractivity contribution in [1.29, 1.82) is 0 Å². The molecule has 3 rings (SSSR count). The van der Waals surface area contributed by atoms with Crippen molar-refractivity contribution < 1.29 is 23.8 Å². The highest BCUT2D eigenvalue weighted by Crippen LogP contribution is 2.20. The molecule has 0 spiro atoms. The number of piperazine rings is 1. The number of rotatable bonds is 4. The van der Waals surface area contributed by atoms with Crippen LogP contribution in [0, 0.1) is 0 Å². The zero-order chi connectivity index (χ0) is 15.5. The Labute approximate surface area is 128 Å². The average molecular weight is 306 g/mol. The minimum atomic E-state index is -0.287. The van der Waals surface area contributed by atoms with Crippen LogP contribution in [0.5, 0.6) is 11.5 Å². The second kappa shape index (κ2) is 6.13. The standard InChI is InChI=1S/C15H18N2O5/c1-20-12-3-2-4-13(7-12)21-10-14(18)16-5-6-17-11(8-16)9-22-15(17)19/h2-4,7,11H,5-6,8-10H2,1H3. The van der Waals surface area contributed by atoms with E-state index < -0.39 is 0 Å². The second-order valence-corrected chi connectivity index (χ2v) is 5.23. The van der Waals surface area contributed by atoms with Gasteiger partial charge < -0.3 is 19.1 Å². The Morgan fingerprint density at radius 2 is 2.18 bits per heavy atom. The maximum atomic E-state index is 12.2. The number of methoxy groups -OCH3 is 1. The summed E-state index contributed by atoms with van der Waals surface area (Å²) in [5.74, 6) is 1.17. The molecule has 0 N–H and O–H groups in total. The molecule has 0 aromatic heterocycles. The summed E-state index contributed by atoms with van der Waals surface area (Å²) in [5, 5.41) is 0. The molecule has 0 saturated carbocycles. The maximum Gasteiger partial charge on any atom is 0.410 e. The van der Waals surface area contributed by atoms with E-state index in [0.29, 0.717) is 37.7 Å². The molecule has 1 atom stereocenters. The Balaban J connectivity index is 1.53. The van der Waals surface area contributed by atoms with Crippen molar-refractivity contribution in [2.24, 2.45) is 0 Å². The molecule has 2 saturated heterocycles. The zero-order valence-electron chi connectivity index (χ0n) is 12.4. The van der Waals surface area contributed by atoms with Crippen LogP contribution in [0.15, 0.2) is 24.3 Å². The SMILES string of the molecule is COc1cccc(OCC(=O)N2CCN3C(=O)OCC3C2)c1. The van der Waals surface area contributed by atoms with Crippen molar-refractivity contribution in [2.75, 3.05) is 40.0 Å². The first-order valence-corrected chi connectivity index (χ1v) is 7.15. The molecule has 118 valence electrons. The van der Waals surface area contributed by atoms with Crippen molar-refractivity contribution in [3.63, 3.8) is 0 Å². The van der Waals surface area contributed by atoms with Crippen molar-refractivity contribution in [3.8, 4) is 11.5 Å². The topological polar surface area (TPSA) is 68.3 Å². The fourth-order valence-corrected chi connectivity index (χ4v) is 2.64. The van der Waals surface area contributed by atoms with Crippen LogP contribution in [-0.2, 0) is 9.53 Å². The molecule has 1 unspecified atom stereocenters. The van der Waals surface area contributed by atoms with Crippen LogP contribution in [-0.4, -0.2) is 67.8 Å². The number of ether oxygens (including phenoxy) is 3. The molecule has 22 heavy (non-hydrogen) atoms. The molecule has 2 aliphatic rings.